The van der Waals surface area contributed by atoms with E-state index in [1.165, 1.54) is 5.56 Å². The van der Waals surface area contributed by atoms with Gasteiger partial charge in [-0.3, -0.25) is 14.7 Å². The smallest absolute Gasteiger partial charge is 0.290 e. The fraction of sp³-hybridized carbons (Fsp3) is 0.500. The fourth-order valence-corrected chi connectivity index (χ4v) is 4.35. The van der Waals surface area contributed by atoms with Crippen LogP contribution in [0, 0.1) is 0 Å². The molecule has 3 heterocycles. The van der Waals surface area contributed by atoms with Crippen LogP contribution < -0.4 is 4.74 Å². The molecular formula is C24H32N2O5. The Labute approximate surface area is 183 Å². The van der Waals surface area contributed by atoms with Crippen molar-refractivity contribution < 1.29 is 24.5 Å². The molecule has 0 amide bonds. The number of piperidine rings is 1. The van der Waals surface area contributed by atoms with E-state index in [2.05, 4.69) is 22.0 Å². The lowest BCUT2D eigenvalue weighted by Crippen LogP contribution is -2.53. The quantitative estimate of drug-likeness (QED) is 0.706. The number of hydrogen-bond donors (Lipinski definition) is 2. The van der Waals surface area contributed by atoms with Crippen molar-refractivity contribution in [3.05, 3.63) is 59.9 Å². The molecule has 1 aromatic carbocycles. The molecular weight excluding hydrogens is 396 g/mol. The number of hydrogen-bond acceptors (Lipinski definition) is 6. The summed E-state index contributed by atoms with van der Waals surface area (Å²) in [6.07, 6.45) is 5.27. The van der Waals surface area contributed by atoms with E-state index in [4.69, 9.17) is 19.4 Å². The van der Waals surface area contributed by atoms with Gasteiger partial charge in [0, 0.05) is 32.3 Å². The Hall–Kier alpha value is -2.48. The van der Waals surface area contributed by atoms with E-state index >= 15 is 0 Å². The van der Waals surface area contributed by atoms with Gasteiger partial charge in [-0.15, -0.1) is 0 Å². The van der Waals surface area contributed by atoms with Gasteiger partial charge in [0.1, 0.15) is 12.4 Å². The van der Waals surface area contributed by atoms with E-state index < -0.39 is 5.60 Å². The maximum Gasteiger partial charge on any atom is 0.290 e. The van der Waals surface area contributed by atoms with Crippen LogP contribution in [-0.4, -0.2) is 57.5 Å². The van der Waals surface area contributed by atoms with E-state index in [1.54, 1.807) is 6.20 Å². The van der Waals surface area contributed by atoms with Crippen LogP contribution in [0.4, 0.5) is 0 Å². The van der Waals surface area contributed by atoms with Crippen LogP contribution in [0.5, 0.6) is 5.75 Å². The van der Waals surface area contributed by atoms with Crippen LogP contribution >= 0.6 is 0 Å². The van der Waals surface area contributed by atoms with E-state index in [0.717, 1.165) is 56.8 Å². The minimum Gasteiger partial charge on any atom is -0.487 e. The number of carbonyl (C=O) groups is 1. The van der Waals surface area contributed by atoms with E-state index in [0.29, 0.717) is 13.2 Å². The molecule has 7 heteroatoms. The van der Waals surface area contributed by atoms with Crippen molar-refractivity contribution in [1.29, 1.82) is 0 Å². The van der Waals surface area contributed by atoms with Crippen molar-refractivity contribution in [1.82, 2.24) is 9.88 Å². The summed E-state index contributed by atoms with van der Waals surface area (Å²) >= 11 is 0. The molecule has 0 radical (unpaired) electrons. The highest BCUT2D eigenvalue weighted by molar-refractivity contribution is 5.32. The molecule has 4 rings (SSSR count). The van der Waals surface area contributed by atoms with Gasteiger partial charge < -0.3 is 19.7 Å². The molecule has 2 aliphatic heterocycles. The minimum absolute atomic E-state index is 0.124. The van der Waals surface area contributed by atoms with Gasteiger partial charge in [-0.25, -0.2) is 0 Å². The molecule has 0 saturated carbocycles. The first-order chi connectivity index (χ1) is 14.9. The number of aromatic nitrogens is 1. The standard InChI is InChI=1S/C23H30N2O3.CH2O2/c1-22(26)11-15-28-23(18-22)9-13-25(14-10-23)16-19-5-7-21(8-6-19)27-17-20-4-2-3-12-24-20;2-1-3/h2-8,12,26H,9-11,13-18H2,1H3;1H,(H,2,3). The maximum absolute atomic E-state index is 10.4. The third-order valence-electron chi connectivity index (χ3n) is 5.96. The third kappa shape index (κ3) is 7.02. The molecule has 0 aliphatic carbocycles. The van der Waals surface area contributed by atoms with Crippen molar-refractivity contribution in [2.45, 2.75) is 57.0 Å². The Morgan fingerprint density at radius 3 is 2.48 bits per heavy atom. The molecule has 1 atom stereocenters. The van der Waals surface area contributed by atoms with E-state index in [1.807, 2.05) is 37.3 Å². The zero-order valence-electron chi connectivity index (χ0n) is 18.1. The molecule has 2 aliphatic rings. The largest absolute Gasteiger partial charge is 0.487 e. The third-order valence-corrected chi connectivity index (χ3v) is 5.96. The molecule has 0 bridgehead atoms. The van der Waals surface area contributed by atoms with Crippen LogP contribution in [0.1, 0.15) is 43.9 Å². The maximum atomic E-state index is 10.4. The summed E-state index contributed by atoms with van der Waals surface area (Å²) < 4.78 is 11.9. The van der Waals surface area contributed by atoms with Gasteiger partial charge in [0.2, 0.25) is 0 Å². The van der Waals surface area contributed by atoms with Crippen LogP contribution in [0.3, 0.4) is 0 Å². The molecule has 2 aromatic rings. The first kappa shape index (κ1) is 23.2. The van der Waals surface area contributed by atoms with Crippen molar-refractivity contribution >= 4 is 6.47 Å². The zero-order valence-corrected chi connectivity index (χ0v) is 18.1. The number of pyridine rings is 1. The average molecular weight is 429 g/mol. The van der Waals surface area contributed by atoms with Gasteiger partial charge in [-0.05, 0) is 56.0 Å². The minimum atomic E-state index is -0.578. The number of carboxylic acid groups (broad SMARTS) is 1. The van der Waals surface area contributed by atoms with E-state index in [9.17, 15) is 5.11 Å². The molecule has 7 nitrogen and oxygen atoms in total. The molecule has 1 spiro atoms. The summed E-state index contributed by atoms with van der Waals surface area (Å²) in [5.41, 5.74) is 1.52. The van der Waals surface area contributed by atoms with Gasteiger partial charge in [0.25, 0.3) is 6.47 Å². The number of ether oxygens (including phenoxy) is 2. The summed E-state index contributed by atoms with van der Waals surface area (Å²) in [5, 5.41) is 17.3. The Bertz CT molecular complexity index is 802. The molecule has 1 aromatic heterocycles. The first-order valence-corrected chi connectivity index (χ1v) is 10.7. The van der Waals surface area contributed by atoms with Crippen molar-refractivity contribution in [2.24, 2.45) is 0 Å². The lowest BCUT2D eigenvalue weighted by molar-refractivity contribution is -0.173. The molecule has 2 saturated heterocycles. The van der Waals surface area contributed by atoms with Crippen LogP contribution in [0.15, 0.2) is 48.7 Å². The lowest BCUT2D eigenvalue weighted by Gasteiger charge is -2.48. The Morgan fingerprint density at radius 1 is 1.16 bits per heavy atom. The normalized spacial score (nSPS) is 22.9. The number of likely N-dealkylation sites (tertiary alicyclic amines) is 1. The molecule has 168 valence electrons. The van der Waals surface area contributed by atoms with Crippen LogP contribution in [0.2, 0.25) is 0 Å². The highest BCUT2D eigenvalue weighted by Crippen LogP contribution is 2.39. The lowest BCUT2D eigenvalue weighted by atomic mass is 9.78. The average Bonchev–Trinajstić information content (AvgIpc) is 2.76. The van der Waals surface area contributed by atoms with Gasteiger partial charge in [-0.1, -0.05) is 18.2 Å². The Balaban J connectivity index is 0.000000858. The summed E-state index contributed by atoms with van der Waals surface area (Å²) in [6.45, 7) is 5.81. The first-order valence-electron chi connectivity index (χ1n) is 10.7. The summed E-state index contributed by atoms with van der Waals surface area (Å²) in [7, 11) is 0. The monoisotopic (exact) mass is 428 g/mol. The SMILES string of the molecule is CC1(O)CCOC2(CCN(Cc3ccc(OCc4ccccn4)cc3)CC2)C1.O=CO. The summed E-state index contributed by atoms with van der Waals surface area (Å²) in [4.78, 5) is 15.1. The van der Waals surface area contributed by atoms with Gasteiger partial charge in [0.15, 0.2) is 0 Å². The number of rotatable bonds is 5. The van der Waals surface area contributed by atoms with Gasteiger partial charge in [-0.2, -0.15) is 0 Å². The van der Waals surface area contributed by atoms with Crippen molar-refractivity contribution in [3.63, 3.8) is 0 Å². The highest BCUT2D eigenvalue weighted by atomic mass is 16.5. The second-order valence-corrected chi connectivity index (χ2v) is 8.59. The number of benzene rings is 1. The second-order valence-electron chi connectivity index (χ2n) is 8.59. The fourth-order valence-electron chi connectivity index (χ4n) is 4.35. The Kier molecular flexibility index (Phi) is 8.01. The molecule has 31 heavy (non-hydrogen) atoms. The van der Waals surface area contributed by atoms with Gasteiger partial charge in [0.05, 0.1) is 23.5 Å². The van der Waals surface area contributed by atoms with Crippen molar-refractivity contribution in [2.75, 3.05) is 19.7 Å². The van der Waals surface area contributed by atoms with Gasteiger partial charge >= 0.3 is 0 Å². The Morgan fingerprint density at radius 2 is 1.87 bits per heavy atom. The number of aliphatic hydroxyl groups is 1. The summed E-state index contributed by atoms with van der Waals surface area (Å²) in [5.74, 6) is 0.866. The molecule has 1 unspecified atom stereocenters. The van der Waals surface area contributed by atoms with Crippen molar-refractivity contribution in [3.8, 4) is 5.75 Å². The molecule has 2 N–H and O–H groups in total. The topological polar surface area (TPSA) is 92.1 Å². The van der Waals surface area contributed by atoms with E-state index in [-0.39, 0.29) is 12.1 Å². The highest BCUT2D eigenvalue weighted by Gasteiger charge is 2.44. The van der Waals surface area contributed by atoms with Crippen LogP contribution in [0.25, 0.3) is 0 Å². The zero-order chi connectivity index (χ0) is 22.2. The summed E-state index contributed by atoms with van der Waals surface area (Å²) in [6, 6.07) is 14.2. The predicted molar refractivity (Wildman–Crippen MR) is 117 cm³/mol. The molecule has 2 fully saturated rings. The number of nitrogens with zero attached hydrogens (tertiary/aromatic N) is 2. The predicted octanol–water partition coefficient (Wildman–Crippen LogP) is 3.26. The van der Waals surface area contributed by atoms with Crippen LogP contribution in [-0.2, 0) is 22.7 Å². The second kappa shape index (κ2) is 10.7.